The molecule has 1 atom stereocenters. The SMILES string of the molecule is Cc1c(Oc2ccccc2F)cnn1C1CCCNC1. The van der Waals surface area contributed by atoms with Gasteiger partial charge in [0.1, 0.15) is 0 Å². The van der Waals surface area contributed by atoms with Gasteiger partial charge in [-0.1, -0.05) is 12.1 Å². The van der Waals surface area contributed by atoms with Crippen molar-refractivity contribution in [3.63, 3.8) is 0 Å². The van der Waals surface area contributed by atoms with Crippen molar-refractivity contribution in [1.29, 1.82) is 0 Å². The normalized spacial score (nSPS) is 19.0. The summed E-state index contributed by atoms with van der Waals surface area (Å²) in [6.07, 6.45) is 3.92. The van der Waals surface area contributed by atoms with Gasteiger partial charge in [-0.15, -0.1) is 0 Å². The number of halogens is 1. The first kappa shape index (κ1) is 13.1. The number of rotatable bonds is 3. The summed E-state index contributed by atoms with van der Waals surface area (Å²) in [4.78, 5) is 0. The van der Waals surface area contributed by atoms with Crippen molar-refractivity contribution in [3.8, 4) is 11.5 Å². The van der Waals surface area contributed by atoms with Gasteiger partial charge in [0, 0.05) is 6.54 Å². The van der Waals surface area contributed by atoms with Gasteiger partial charge in [-0.3, -0.25) is 4.68 Å². The lowest BCUT2D eigenvalue weighted by molar-refractivity contribution is 0.340. The van der Waals surface area contributed by atoms with E-state index in [-0.39, 0.29) is 11.6 Å². The molecule has 106 valence electrons. The standard InChI is InChI=1S/C15H18FN3O/c1-11-15(20-14-7-3-2-6-13(14)16)10-18-19(11)12-5-4-8-17-9-12/h2-3,6-7,10,12,17H,4-5,8-9H2,1H3. The van der Waals surface area contributed by atoms with Crippen molar-refractivity contribution >= 4 is 0 Å². The number of nitrogens with zero attached hydrogens (tertiary/aromatic N) is 2. The zero-order valence-electron chi connectivity index (χ0n) is 11.5. The van der Waals surface area contributed by atoms with Gasteiger partial charge in [-0.2, -0.15) is 5.10 Å². The zero-order chi connectivity index (χ0) is 13.9. The molecular weight excluding hydrogens is 257 g/mol. The molecule has 2 aromatic rings. The van der Waals surface area contributed by atoms with Gasteiger partial charge in [0.05, 0.1) is 17.9 Å². The smallest absolute Gasteiger partial charge is 0.168 e. The predicted molar refractivity (Wildman–Crippen MR) is 74.6 cm³/mol. The Labute approximate surface area is 117 Å². The van der Waals surface area contributed by atoms with Crippen LogP contribution in [0.1, 0.15) is 24.6 Å². The minimum atomic E-state index is -0.362. The maximum atomic E-state index is 13.6. The highest BCUT2D eigenvalue weighted by Gasteiger charge is 2.19. The molecule has 1 aromatic carbocycles. The summed E-state index contributed by atoms with van der Waals surface area (Å²) < 4.78 is 21.2. The molecule has 1 saturated heterocycles. The van der Waals surface area contributed by atoms with E-state index in [1.165, 1.54) is 6.07 Å². The first-order valence-corrected chi connectivity index (χ1v) is 6.93. The van der Waals surface area contributed by atoms with Crippen LogP contribution in [0.3, 0.4) is 0 Å². The van der Waals surface area contributed by atoms with Crippen LogP contribution in [0.15, 0.2) is 30.5 Å². The molecule has 1 fully saturated rings. The lowest BCUT2D eigenvalue weighted by Gasteiger charge is -2.24. The van der Waals surface area contributed by atoms with E-state index >= 15 is 0 Å². The van der Waals surface area contributed by atoms with Gasteiger partial charge in [0.15, 0.2) is 17.3 Å². The number of para-hydroxylation sites is 1. The molecule has 2 heterocycles. The topological polar surface area (TPSA) is 39.1 Å². The number of benzene rings is 1. The molecule has 1 aliphatic heterocycles. The second-order valence-corrected chi connectivity index (χ2v) is 5.07. The Balaban J connectivity index is 1.81. The van der Waals surface area contributed by atoms with E-state index in [4.69, 9.17) is 4.74 Å². The van der Waals surface area contributed by atoms with Crippen molar-refractivity contribution in [2.75, 3.05) is 13.1 Å². The Morgan fingerprint density at radius 3 is 2.95 bits per heavy atom. The quantitative estimate of drug-likeness (QED) is 0.935. The molecule has 5 heteroatoms. The number of hydrogen-bond acceptors (Lipinski definition) is 3. The molecule has 20 heavy (non-hydrogen) atoms. The van der Waals surface area contributed by atoms with Gasteiger partial charge in [-0.05, 0) is 38.4 Å². The van der Waals surface area contributed by atoms with Gasteiger partial charge in [0.2, 0.25) is 0 Å². The molecule has 4 nitrogen and oxygen atoms in total. The lowest BCUT2D eigenvalue weighted by Crippen LogP contribution is -2.32. The number of piperidine rings is 1. The number of hydrogen-bond donors (Lipinski definition) is 1. The molecule has 0 aliphatic carbocycles. The van der Waals surface area contributed by atoms with Gasteiger partial charge in [0.25, 0.3) is 0 Å². The maximum absolute atomic E-state index is 13.6. The van der Waals surface area contributed by atoms with E-state index in [0.717, 1.165) is 31.6 Å². The molecule has 1 unspecified atom stereocenters. The molecule has 3 rings (SSSR count). The van der Waals surface area contributed by atoms with Crippen LogP contribution in [0.5, 0.6) is 11.5 Å². The Morgan fingerprint density at radius 2 is 2.20 bits per heavy atom. The van der Waals surface area contributed by atoms with Crippen LogP contribution in [-0.2, 0) is 0 Å². The Kier molecular flexibility index (Phi) is 3.69. The monoisotopic (exact) mass is 275 g/mol. The molecule has 0 saturated carbocycles. The van der Waals surface area contributed by atoms with Crippen molar-refractivity contribution in [2.45, 2.75) is 25.8 Å². The van der Waals surface area contributed by atoms with E-state index in [9.17, 15) is 4.39 Å². The van der Waals surface area contributed by atoms with Crippen LogP contribution in [-0.4, -0.2) is 22.9 Å². The first-order chi connectivity index (χ1) is 9.75. The van der Waals surface area contributed by atoms with Crippen molar-refractivity contribution in [2.24, 2.45) is 0 Å². The average Bonchev–Trinajstić information content (AvgIpc) is 2.84. The molecular formula is C15H18FN3O. The summed E-state index contributed by atoms with van der Waals surface area (Å²) in [6, 6.07) is 6.76. The first-order valence-electron chi connectivity index (χ1n) is 6.93. The van der Waals surface area contributed by atoms with Gasteiger partial charge in [-0.25, -0.2) is 4.39 Å². The second kappa shape index (κ2) is 5.63. The van der Waals surface area contributed by atoms with E-state index in [1.807, 2.05) is 11.6 Å². The third-order valence-electron chi connectivity index (χ3n) is 3.67. The predicted octanol–water partition coefficient (Wildman–Crippen LogP) is 3.05. The minimum absolute atomic E-state index is 0.233. The molecule has 0 bridgehead atoms. The summed E-state index contributed by atoms with van der Waals surface area (Å²) in [5.74, 6) is 0.483. The largest absolute Gasteiger partial charge is 0.451 e. The van der Waals surface area contributed by atoms with E-state index in [0.29, 0.717) is 11.8 Å². The number of ether oxygens (including phenoxy) is 1. The fourth-order valence-corrected chi connectivity index (χ4v) is 2.56. The molecule has 1 aromatic heterocycles. The van der Waals surface area contributed by atoms with Crippen LogP contribution >= 0.6 is 0 Å². The third-order valence-corrected chi connectivity index (χ3v) is 3.67. The fourth-order valence-electron chi connectivity index (χ4n) is 2.56. The van der Waals surface area contributed by atoms with Gasteiger partial charge >= 0.3 is 0 Å². The van der Waals surface area contributed by atoms with Crippen LogP contribution in [0.25, 0.3) is 0 Å². The highest BCUT2D eigenvalue weighted by atomic mass is 19.1. The zero-order valence-corrected chi connectivity index (χ0v) is 11.5. The molecule has 1 N–H and O–H groups in total. The van der Waals surface area contributed by atoms with Crippen LogP contribution in [0.2, 0.25) is 0 Å². The van der Waals surface area contributed by atoms with Gasteiger partial charge < -0.3 is 10.1 Å². The van der Waals surface area contributed by atoms with Crippen molar-refractivity contribution in [1.82, 2.24) is 15.1 Å². The summed E-state index contributed by atoms with van der Waals surface area (Å²) >= 11 is 0. The minimum Gasteiger partial charge on any atom is -0.451 e. The maximum Gasteiger partial charge on any atom is 0.168 e. The molecule has 0 spiro atoms. The van der Waals surface area contributed by atoms with E-state index in [2.05, 4.69) is 10.4 Å². The Bertz CT molecular complexity index is 591. The van der Waals surface area contributed by atoms with Crippen molar-refractivity contribution < 1.29 is 9.13 Å². The molecule has 0 amide bonds. The van der Waals surface area contributed by atoms with Crippen LogP contribution in [0.4, 0.5) is 4.39 Å². The number of nitrogens with one attached hydrogen (secondary N) is 1. The third kappa shape index (κ3) is 2.54. The molecule has 1 aliphatic rings. The average molecular weight is 275 g/mol. The fraction of sp³-hybridized carbons (Fsp3) is 0.400. The second-order valence-electron chi connectivity index (χ2n) is 5.07. The van der Waals surface area contributed by atoms with E-state index in [1.54, 1.807) is 24.4 Å². The lowest BCUT2D eigenvalue weighted by atomic mass is 10.1. The van der Waals surface area contributed by atoms with E-state index < -0.39 is 0 Å². The highest BCUT2D eigenvalue weighted by Crippen LogP contribution is 2.29. The van der Waals surface area contributed by atoms with Crippen molar-refractivity contribution in [3.05, 3.63) is 42.0 Å². The Hall–Kier alpha value is -1.88. The summed E-state index contributed by atoms with van der Waals surface area (Å²) in [5, 5.41) is 7.76. The van der Waals surface area contributed by atoms with Crippen LogP contribution < -0.4 is 10.1 Å². The summed E-state index contributed by atoms with van der Waals surface area (Å²) in [5.41, 5.74) is 0.932. The summed E-state index contributed by atoms with van der Waals surface area (Å²) in [6.45, 7) is 3.94. The summed E-state index contributed by atoms with van der Waals surface area (Å²) in [7, 11) is 0. The molecule has 0 radical (unpaired) electrons. The van der Waals surface area contributed by atoms with Crippen LogP contribution in [0, 0.1) is 12.7 Å². The highest BCUT2D eigenvalue weighted by molar-refractivity contribution is 5.33. The Morgan fingerprint density at radius 1 is 1.35 bits per heavy atom. The number of aromatic nitrogens is 2.